The van der Waals surface area contributed by atoms with E-state index < -0.39 is 11.4 Å². The van der Waals surface area contributed by atoms with Crippen molar-refractivity contribution in [2.45, 2.75) is 0 Å². The largest absolute Gasteiger partial charge is 0.281 e. The number of H-pyrrole nitrogens is 1. The van der Waals surface area contributed by atoms with Gasteiger partial charge in [0.25, 0.3) is 5.56 Å². The molecule has 0 saturated heterocycles. The van der Waals surface area contributed by atoms with E-state index in [0.29, 0.717) is 15.9 Å². The van der Waals surface area contributed by atoms with Crippen LogP contribution >= 0.6 is 11.6 Å². The standard InChI is InChI=1S/C15H8ClFN4O/c16-8-5-6-12-10(7-8)15(22)18-14-13(19-20-21(12)14)9-3-1-2-4-11(9)17/h1-7,20H. The highest BCUT2D eigenvalue weighted by Gasteiger charge is 2.16. The van der Waals surface area contributed by atoms with Gasteiger partial charge in [0.15, 0.2) is 5.65 Å². The number of nitrogens with one attached hydrogen (secondary N) is 1. The van der Waals surface area contributed by atoms with Crippen LogP contribution < -0.4 is 5.56 Å². The van der Waals surface area contributed by atoms with E-state index in [2.05, 4.69) is 15.3 Å². The fourth-order valence-corrected chi connectivity index (χ4v) is 2.61. The lowest BCUT2D eigenvalue weighted by atomic mass is 10.1. The number of aromatic amines is 1. The molecule has 0 aliphatic rings. The molecule has 0 atom stereocenters. The Morgan fingerprint density at radius 3 is 2.82 bits per heavy atom. The second-order valence-corrected chi connectivity index (χ2v) is 5.21. The highest BCUT2D eigenvalue weighted by Crippen LogP contribution is 2.25. The van der Waals surface area contributed by atoms with E-state index in [-0.39, 0.29) is 16.9 Å². The topological polar surface area (TPSA) is 63.0 Å². The molecule has 0 saturated carbocycles. The van der Waals surface area contributed by atoms with Crippen molar-refractivity contribution in [2.24, 2.45) is 0 Å². The van der Waals surface area contributed by atoms with E-state index in [1.165, 1.54) is 10.6 Å². The average molecular weight is 315 g/mol. The molecular formula is C15H8ClFN4O. The quantitative estimate of drug-likeness (QED) is 0.587. The van der Waals surface area contributed by atoms with Gasteiger partial charge in [0.05, 0.1) is 10.9 Å². The van der Waals surface area contributed by atoms with E-state index in [4.69, 9.17) is 11.6 Å². The van der Waals surface area contributed by atoms with Gasteiger partial charge in [-0.1, -0.05) is 23.7 Å². The molecule has 2 aromatic carbocycles. The third-order valence-corrected chi connectivity index (χ3v) is 3.69. The molecule has 4 aromatic rings. The van der Waals surface area contributed by atoms with Gasteiger partial charge in [0, 0.05) is 10.6 Å². The van der Waals surface area contributed by atoms with Gasteiger partial charge in [-0.05, 0) is 30.3 Å². The van der Waals surface area contributed by atoms with Crippen molar-refractivity contribution in [3.05, 3.63) is 63.7 Å². The van der Waals surface area contributed by atoms with Gasteiger partial charge in [-0.15, -0.1) is 0 Å². The van der Waals surface area contributed by atoms with Gasteiger partial charge in [0.1, 0.15) is 11.5 Å². The minimum absolute atomic E-state index is 0.268. The molecule has 2 heterocycles. The minimum Gasteiger partial charge on any atom is -0.267 e. The number of aromatic nitrogens is 4. The molecule has 22 heavy (non-hydrogen) atoms. The summed E-state index contributed by atoms with van der Waals surface area (Å²) >= 11 is 5.91. The Balaban J connectivity index is 2.13. The fraction of sp³-hybridized carbons (Fsp3) is 0. The molecule has 0 bridgehead atoms. The van der Waals surface area contributed by atoms with Crippen LogP contribution in [0.15, 0.2) is 47.3 Å². The van der Waals surface area contributed by atoms with Crippen molar-refractivity contribution in [2.75, 3.05) is 0 Å². The highest BCUT2D eigenvalue weighted by atomic mass is 35.5. The summed E-state index contributed by atoms with van der Waals surface area (Å²) in [4.78, 5) is 16.2. The summed E-state index contributed by atoms with van der Waals surface area (Å²) in [7, 11) is 0. The molecule has 108 valence electrons. The minimum atomic E-state index is -0.434. The summed E-state index contributed by atoms with van der Waals surface area (Å²) in [6.45, 7) is 0. The van der Waals surface area contributed by atoms with Gasteiger partial charge >= 0.3 is 0 Å². The summed E-state index contributed by atoms with van der Waals surface area (Å²) in [5.41, 5.74) is 0.976. The Morgan fingerprint density at radius 1 is 1.18 bits per heavy atom. The first-order valence-corrected chi connectivity index (χ1v) is 6.84. The second-order valence-electron chi connectivity index (χ2n) is 4.78. The fourth-order valence-electron chi connectivity index (χ4n) is 2.44. The van der Waals surface area contributed by atoms with Crippen molar-refractivity contribution in [1.29, 1.82) is 0 Å². The van der Waals surface area contributed by atoms with Gasteiger partial charge < -0.3 is 0 Å². The molecule has 4 rings (SSSR count). The summed E-state index contributed by atoms with van der Waals surface area (Å²) in [6.07, 6.45) is 0. The van der Waals surface area contributed by atoms with E-state index in [1.807, 2.05) is 0 Å². The summed E-state index contributed by atoms with van der Waals surface area (Å²) in [6, 6.07) is 11.1. The number of nitrogens with zero attached hydrogens (tertiary/aromatic N) is 3. The van der Waals surface area contributed by atoms with Crippen LogP contribution in [0.4, 0.5) is 4.39 Å². The molecule has 5 nitrogen and oxygen atoms in total. The zero-order valence-corrected chi connectivity index (χ0v) is 11.8. The zero-order chi connectivity index (χ0) is 15.3. The van der Waals surface area contributed by atoms with Crippen molar-refractivity contribution in [1.82, 2.24) is 19.8 Å². The van der Waals surface area contributed by atoms with E-state index in [0.717, 1.165) is 0 Å². The third kappa shape index (κ3) is 1.81. The molecular weight excluding hydrogens is 307 g/mol. The molecule has 0 radical (unpaired) electrons. The second kappa shape index (κ2) is 4.64. The van der Waals surface area contributed by atoms with Crippen LogP contribution in [0.25, 0.3) is 27.8 Å². The summed E-state index contributed by atoms with van der Waals surface area (Å²) < 4.78 is 15.5. The smallest absolute Gasteiger partial charge is 0.267 e. The summed E-state index contributed by atoms with van der Waals surface area (Å²) in [5.74, 6) is -0.429. The van der Waals surface area contributed by atoms with Crippen LogP contribution in [0.1, 0.15) is 0 Å². The number of rotatable bonds is 1. The zero-order valence-electron chi connectivity index (χ0n) is 11.0. The first-order chi connectivity index (χ1) is 10.6. The van der Waals surface area contributed by atoms with Crippen molar-refractivity contribution >= 4 is 28.2 Å². The van der Waals surface area contributed by atoms with Crippen molar-refractivity contribution in [3.8, 4) is 11.3 Å². The first-order valence-electron chi connectivity index (χ1n) is 6.46. The molecule has 1 N–H and O–H groups in total. The SMILES string of the molecule is O=c1nc2c(-c3ccccc3F)n[nH]n2c2ccc(Cl)cc12. The Morgan fingerprint density at radius 2 is 2.00 bits per heavy atom. The number of fused-ring (bicyclic) bond motifs is 3. The maximum atomic E-state index is 14.0. The monoisotopic (exact) mass is 314 g/mol. The number of halogens is 2. The Labute approximate surface area is 128 Å². The van der Waals surface area contributed by atoms with Gasteiger partial charge in [-0.25, -0.2) is 14.1 Å². The van der Waals surface area contributed by atoms with Crippen LogP contribution in [0.2, 0.25) is 5.02 Å². The molecule has 0 aliphatic carbocycles. The van der Waals surface area contributed by atoms with E-state index in [1.54, 1.807) is 36.4 Å². The third-order valence-electron chi connectivity index (χ3n) is 3.45. The first kappa shape index (κ1) is 13.0. The lowest BCUT2D eigenvalue weighted by Crippen LogP contribution is -2.10. The Bertz CT molecular complexity index is 1090. The average Bonchev–Trinajstić information content (AvgIpc) is 2.91. The van der Waals surface area contributed by atoms with Crippen LogP contribution in [0.3, 0.4) is 0 Å². The molecule has 0 fully saturated rings. The van der Waals surface area contributed by atoms with Crippen LogP contribution in [-0.2, 0) is 0 Å². The summed E-state index contributed by atoms with van der Waals surface area (Å²) in [5, 5.41) is 7.68. The Hall–Kier alpha value is -2.73. The van der Waals surface area contributed by atoms with Gasteiger partial charge in [-0.2, -0.15) is 10.1 Å². The maximum Gasteiger partial charge on any atom is 0.281 e. The highest BCUT2D eigenvalue weighted by molar-refractivity contribution is 6.31. The Kier molecular flexibility index (Phi) is 2.74. The molecule has 0 aliphatic heterocycles. The lowest BCUT2D eigenvalue weighted by molar-refractivity contribution is 0.630. The van der Waals surface area contributed by atoms with E-state index >= 15 is 0 Å². The van der Waals surface area contributed by atoms with Crippen LogP contribution in [0.5, 0.6) is 0 Å². The van der Waals surface area contributed by atoms with Crippen LogP contribution in [-0.4, -0.2) is 19.8 Å². The predicted molar refractivity (Wildman–Crippen MR) is 81.5 cm³/mol. The van der Waals surface area contributed by atoms with E-state index in [9.17, 15) is 9.18 Å². The molecule has 0 spiro atoms. The molecule has 2 aromatic heterocycles. The van der Waals surface area contributed by atoms with Crippen LogP contribution in [0, 0.1) is 5.82 Å². The number of benzene rings is 2. The predicted octanol–water partition coefficient (Wildman–Crippen LogP) is 3.03. The number of hydrogen-bond donors (Lipinski definition) is 1. The van der Waals surface area contributed by atoms with Crippen molar-refractivity contribution in [3.63, 3.8) is 0 Å². The maximum absolute atomic E-state index is 14.0. The molecule has 7 heteroatoms. The van der Waals surface area contributed by atoms with Gasteiger partial charge in [0.2, 0.25) is 0 Å². The van der Waals surface area contributed by atoms with Crippen molar-refractivity contribution < 1.29 is 4.39 Å². The molecule has 0 amide bonds. The van der Waals surface area contributed by atoms with Gasteiger partial charge in [-0.3, -0.25) is 4.79 Å². The molecule has 0 unspecified atom stereocenters. The normalized spacial score (nSPS) is 11.4. The number of hydrogen-bond acceptors (Lipinski definition) is 3. The lowest BCUT2D eigenvalue weighted by Gasteiger charge is -2.02.